The van der Waals surface area contributed by atoms with Crippen molar-refractivity contribution < 1.29 is 9.66 Å². The number of para-hydroxylation sites is 1. The molecule has 1 atom stereocenters. The maximum absolute atomic E-state index is 11.0. The number of anilines is 1. The van der Waals surface area contributed by atoms with Gasteiger partial charge in [0, 0.05) is 25.3 Å². The predicted octanol–water partition coefficient (Wildman–Crippen LogP) is 4.37. The Labute approximate surface area is 126 Å². The first-order valence-electron chi connectivity index (χ1n) is 7.65. The lowest BCUT2D eigenvalue weighted by atomic mass is 10.0. The maximum atomic E-state index is 11.0. The number of ether oxygens (including phenoxy) is 1. The number of nitro benzene ring substituents is 1. The molecule has 1 aromatic carbocycles. The molecule has 0 spiro atoms. The van der Waals surface area contributed by atoms with Crippen LogP contribution in [0.2, 0.25) is 0 Å². The zero-order chi connectivity index (χ0) is 15.7. The van der Waals surface area contributed by atoms with Gasteiger partial charge in [0.05, 0.1) is 11.5 Å². The molecular formula is C16H26N2O3. The lowest BCUT2D eigenvalue weighted by Gasteiger charge is -2.15. The highest BCUT2D eigenvalue weighted by molar-refractivity contribution is 5.65. The van der Waals surface area contributed by atoms with Crippen LogP contribution in [-0.4, -0.2) is 18.6 Å². The topological polar surface area (TPSA) is 64.4 Å². The van der Waals surface area contributed by atoms with E-state index in [9.17, 15) is 10.1 Å². The van der Waals surface area contributed by atoms with Gasteiger partial charge in [0.1, 0.15) is 5.69 Å². The van der Waals surface area contributed by atoms with Crippen LogP contribution in [0.25, 0.3) is 0 Å². The third-order valence-corrected chi connectivity index (χ3v) is 3.73. The van der Waals surface area contributed by atoms with E-state index in [1.54, 1.807) is 13.1 Å². The summed E-state index contributed by atoms with van der Waals surface area (Å²) < 4.78 is 5.78. The minimum absolute atomic E-state index is 0.0941. The van der Waals surface area contributed by atoms with Gasteiger partial charge in [-0.3, -0.25) is 10.1 Å². The fourth-order valence-electron chi connectivity index (χ4n) is 2.38. The Bertz CT molecular complexity index is 449. The van der Waals surface area contributed by atoms with E-state index in [1.807, 2.05) is 6.07 Å². The van der Waals surface area contributed by atoms with Crippen LogP contribution < -0.4 is 5.32 Å². The van der Waals surface area contributed by atoms with Crippen LogP contribution in [0.3, 0.4) is 0 Å². The SMILES string of the molecule is CCCCC(CC)COCc1cccc([N+](=O)[O-])c1NC. The third kappa shape index (κ3) is 5.34. The van der Waals surface area contributed by atoms with Crippen LogP contribution in [-0.2, 0) is 11.3 Å². The monoisotopic (exact) mass is 294 g/mol. The molecule has 1 unspecified atom stereocenters. The van der Waals surface area contributed by atoms with Gasteiger partial charge in [-0.05, 0) is 12.3 Å². The number of rotatable bonds is 10. The Hall–Kier alpha value is -1.62. The van der Waals surface area contributed by atoms with Crippen molar-refractivity contribution in [2.24, 2.45) is 5.92 Å². The highest BCUT2D eigenvalue weighted by Gasteiger charge is 2.16. The zero-order valence-corrected chi connectivity index (χ0v) is 13.2. The van der Waals surface area contributed by atoms with Crippen LogP contribution in [0.1, 0.15) is 45.1 Å². The van der Waals surface area contributed by atoms with Crippen molar-refractivity contribution in [2.75, 3.05) is 19.0 Å². The molecule has 0 saturated heterocycles. The molecule has 5 nitrogen and oxygen atoms in total. The van der Waals surface area contributed by atoms with Crippen molar-refractivity contribution in [1.29, 1.82) is 0 Å². The number of benzene rings is 1. The zero-order valence-electron chi connectivity index (χ0n) is 13.2. The second-order valence-electron chi connectivity index (χ2n) is 5.25. The molecule has 1 N–H and O–H groups in total. The van der Waals surface area contributed by atoms with Crippen molar-refractivity contribution in [3.8, 4) is 0 Å². The summed E-state index contributed by atoms with van der Waals surface area (Å²) in [6.45, 7) is 5.48. The van der Waals surface area contributed by atoms with Gasteiger partial charge in [-0.25, -0.2) is 0 Å². The molecule has 0 bridgehead atoms. The third-order valence-electron chi connectivity index (χ3n) is 3.73. The van der Waals surface area contributed by atoms with E-state index >= 15 is 0 Å². The Morgan fingerprint density at radius 2 is 2.14 bits per heavy atom. The van der Waals surface area contributed by atoms with Gasteiger partial charge in [0.25, 0.3) is 5.69 Å². The molecule has 0 heterocycles. The van der Waals surface area contributed by atoms with Gasteiger partial charge in [0.2, 0.25) is 0 Å². The molecular weight excluding hydrogens is 268 g/mol. The molecule has 0 aliphatic rings. The van der Waals surface area contributed by atoms with E-state index in [2.05, 4.69) is 19.2 Å². The van der Waals surface area contributed by atoms with Crippen LogP contribution in [0, 0.1) is 16.0 Å². The highest BCUT2D eigenvalue weighted by atomic mass is 16.6. The molecule has 0 fully saturated rings. The maximum Gasteiger partial charge on any atom is 0.292 e. The summed E-state index contributed by atoms with van der Waals surface area (Å²) >= 11 is 0. The van der Waals surface area contributed by atoms with Crippen molar-refractivity contribution in [3.05, 3.63) is 33.9 Å². The van der Waals surface area contributed by atoms with Crippen molar-refractivity contribution >= 4 is 11.4 Å². The van der Waals surface area contributed by atoms with Gasteiger partial charge in [-0.2, -0.15) is 0 Å². The van der Waals surface area contributed by atoms with E-state index in [4.69, 9.17) is 4.74 Å². The van der Waals surface area contributed by atoms with Crippen LogP contribution in [0.5, 0.6) is 0 Å². The Balaban J connectivity index is 2.62. The van der Waals surface area contributed by atoms with E-state index < -0.39 is 0 Å². The molecule has 21 heavy (non-hydrogen) atoms. The van der Waals surface area contributed by atoms with Crippen LogP contribution in [0.15, 0.2) is 18.2 Å². The molecule has 118 valence electrons. The fraction of sp³-hybridized carbons (Fsp3) is 0.625. The van der Waals surface area contributed by atoms with E-state index in [-0.39, 0.29) is 10.6 Å². The Morgan fingerprint density at radius 3 is 2.71 bits per heavy atom. The van der Waals surface area contributed by atoms with E-state index in [1.165, 1.54) is 25.3 Å². The van der Waals surface area contributed by atoms with Crippen molar-refractivity contribution in [2.45, 2.75) is 46.1 Å². The average molecular weight is 294 g/mol. The Morgan fingerprint density at radius 1 is 1.38 bits per heavy atom. The minimum Gasteiger partial charge on any atom is -0.382 e. The lowest BCUT2D eigenvalue weighted by Crippen LogP contribution is -2.10. The molecule has 5 heteroatoms. The lowest BCUT2D eigenvalue weighted by molar-refractivity contribution is -0.384. The van der Waals surface area contributed by atoms with Crippen LogP contribution in [0.4, 0.5) is 11.4 Å². The molecule has 1 aromatic rings. The molecule has 1 rings (SSSR count). The summed E-state index contributed by atoms with van der Waals surface area (Å²) in [4.78, 5) is 10.6. The second-order valence-corrected chi connectivity index (χ2v) is 5.25. The van der Waals surface area contributed by atoms with Gasteiger partial charge in [0.15, 0.2) is 0 Å². The summed E-state index contributed by atoms with van der Waals surface area (Å²) in [5.41, 5.74) is 1.47. The molecule has 0 aromatic heterocycles. The molecule has 0 amide bonds. The average Bonchev–Trinajstić information content (AvgIpc) is 2.50. The number of hydrogen-bond acceptors (Lipinski definition) is 4. The summed E-state index contributed by atoms with van der Waals surface area (Å²) in [5, 5.41) is 13.9. The standard InChI is InChI=1S/C16H26N2O3/c1-4-6-8-13(5-2)11-21-12-14-9-7-10-15(18(19)20)16(14)17-3/h7,9-10,13,17H,4-6,8,11-12H2,1-3H3. The van der Waals surface area contributed by atoms with Gasteiger partial charge in [-0.15, -0.1) is 0 Å². The number of nitrogens with zero attached hydrogens (tertiary/aromatic N) is 1. The van der Waals surface area contributed by atoms with Crippen molar-refractivity contribution in [1.82, 2.24) is 0 Å². The number of nitro groups is 1. The normalized spacial score (nSPS) is 12.1. The minimum atomic E-state index is -0.370. The first kappa shape index (κ1) is 17.4. The first-order valence-corrected chi connectivity index (χ1v) is 7.65. The van der Waals surface area contributed by atoms with Crippen molar-refractivity contribution in [3.63, 3.8) is 0 Å². The fourth-order valence-corrected chi connectivity index (χ4v) is 2.38. The smallest absolute Gasteiger partial charge is 0.292 e. The summed E-state index contributed by atoms with van der Waals surface area (Å²) in [7, 11) is 1.70. The van der Waals surface area contributed by atoms with E-state index in [0.29, 0.717) is 24.8 Å². The number of unbranched alkanes of at least 4 members (excludes halogenated alkanes) is 1. The quantitative estimate of drug-likeness (QED) is 0.514. The number of nitrogens with one attached hydrogen (secondary N) is 1. The summed E-state index contributed by atoms with van der Waals surface area (Å²) in [6.07, 6.45) is 4.71. The number of hydrogen-bond donors (Lipinski definition) is 1. The molecule has 0 saturated carbocycles. The van der Waals surface area contributed by atoms with Crippen LogP contribution >= 0.6 is 0 Å². The molecule has 0 aliphatic carbocycles. The summed E-state index contributed by atoms with van der Waals surface area (Å²) in [5.74, 6) is 0.571. The molecule has 0 radical (unpaired) electrons. The first-order chi connectivity index (χ1) is 10.1. The second kappa shape index (κ2) is 9.34. The Kier molecular flexibility index (Phi) is 7.75. The highest BCUT2D eigenvalue weighted by Crippen LogP contribution is 2.28. The van der Waals surface area contributed by atoms with Gasteiger partial charge < -0.3 is 10.1 Å². The van der Waals surface area contributed by atoms with E-state index in [0.717, 1.165) is 12.0 Å². The summed E-state index contributed by atoms with van der Waals surface area (Å²) in [6, 6.07) is 5.07. The molecule has 0 aliphatic heterocycles. The predicted molar refractivity (Wildman–Crippen MR) is 85.6 cm³/mol. The largest absolute Gasteiger partial charge is 0.382 e. The van der Waals surface area contributed by atoms with Gasteiger partial charge >= 0.3 is 0 Å². The van der Waals surface area contributed by atoms with Gasteiger partial charge in [-0.1, -0.05) is 45.2 Å².